The first-order valence-electron chi connectivity index (χ1n) is 4.33. The first kappa shape index (κ1) is 11.9. The molecule has 12 heavy (non-hydrogen) atoms. The second-order valence-electron chi connectivity index (χ2n) is 3.17. The van der Waals surface area contributed by atoms with Gasteiger partial charge in [-0.15, -0.1) is 0 Å². The van der Waals surface area contributed by atoms with Crippen LogP contribution in [0, 0.1) is 11.8 Å². The predicted molar refractivity (Wildman–Crippen MR) is 53.4 cm³/mol. The topological polar surface area (TPSA) is 26.3 Å². The van der Waals surface area contributed by atoms with E-state index in [1.165, 1.54) is 0 Å². The van der Waals surface area contributed by atoms with Gasteiger partial charge in [0.05, 0.1) is 6.61 Å². The summed E-state index contributed by atoms with van der Waals surface area (Å²) in [6.07, 6.45) is 0.525. The van der Waals surface area contributed by atoms with Gasteiger partial charge in [-0.1, -0.05) is 29.8 Å². The number of carbonyl (C=O) groups excluding carboxylic acids is 1. The molecular formula is C9H17BrO2. The second-order valence-corrected chi connectivity index (χ2v) is 3.82. The highest BCUT2D eigenvalue weighted by molar-refractivity contribution is 9.09. The highest BCUT2D eigenvalue weighted by atomic mass is 79.9. The van der Waals surface area contributed by atoms with E-state index in [4.69, 9.17) is 4.74 Å². The van der Waals surface area contributed by atoms with Gasteiger partial charge in [-0.05, 0) is 18.8 Å². The number of hydrogen-bond donors (Lipinski definition) is 0. The van der Waals surface area contributed by atoms with Crippen LogP contribution in [0.5, 0.6) is 0 Å². The molecule has 0 aliphatic carbocycles. The van der Waals surface area contributed by atoms with E-state index in [0.717, 1.165) is 5.33 Å². The minimum atomic E-state index is -0.0874. The lowest BCUT2D eigenvalue weighted by molar-refractivity contribution is -0.144. The number of esters is 1. The number of halogens is 1. The zero-order valence-corrected chi connectivity index (χ0v) is 9.56. The van der Waals surface area contributed by atoms with Crippen LogP contribution in [-0.2, 0) is 9.53 Å². The van der Waals surface area contributed by atoms with E-state index in [9.17, 15) is 4.79 Å². The van der Waals surface area contributed by atoms with E-state index in [1.54, 1.807) is 0 Å². The Morgan fingerprint density at radius 1 is 1.50 bits per heavy atom. The van der Waals surface area contributed by atoms with Crippen molar-refractivity contribution in [2.45, 2.75) is 27.2 Å². The Morgan fingerprint density at radius 3 is 2.42 bits per heavy atom. The Morgan fingerprint density at radius 2 is 2.08 bits per heavy atom. The predicted octanol–water partition coefficient (Wildman–Crippen LogP) is 2.61. The van der Waals surface area contributed by atoms with Gasteiger partial charge >= 0.3 is 5.97 Å². The van der Waals surface area contributed by atoms with Gasteiger partial charge < -0.3 is 4.74 Å². The molecule has 0 radical (unpaired) electrons. The lowest BCUT2D eigenvalue weighted by atomic mass is 9.95. The van der Waals surface area contributed by atoms with Crippen LogP contribution in [0.15, 0.2) is 0 Å². The quantitative estimate of drug-likeness (QED) is 0.542. The molecule has 2 nitrogen and oxygen atoms in total. The highest BCUT2D eigenvalue weighted by Gasteiger charge is 2.16. The molecule has 72 valence electrons. The second kappa shape index (κ2) is 6.46. The Kier molecular flexibility index (Phi) is 6.44. The van der Waals surface area contributed by atoms with Crippen molar-refractivity contribution in [3.63, 3.8) is 0 Å². The summed E-state index contributed by atoms with van der Waals surface area (Å²) in [5.41, 5.74) is 0. The summed E-state index contributed by atoms with van der Waals surface area (Å²) in [5, 5.41) is 0.865. The summed E-state index contributed by atoms with van der Waals surface area (Å²) in [4.78, 5) is 11.1. The van der Waals surface area contributed by atoms with Gasteiger partial charge in [0.1, 0.15) is 0 Å². The van der Waals surface area contributed by atoms with E-state index in [0.29, 0.717) is 24.9 Å². The largest absolute Gasteiger partial charge is 0.466 e. The molecule has 0 aromatic rings. The third kappa shape index (κ3) is 4.75. The van der Waals surface area contributed by atoms with Crippen molar-refractivity contribution in [2.75, 3.05) is 11.9 Å². The fraction of sp³-hybridized carbons (Fsp3) is 0.889. The molecule has 0 aromatic carbocycles. The maximum atomic E-state index is 11.1. The van der Waals surface area contributed by atoms with E-state index in [1.807, 2.05) is 6.92 Å². The van der Waals surface area contributed by atoms with Crippen LogP contribution in [0.4, 0.5) is 0 Å². The van der Waals surface area contributed by atoms with Crippen LogP contribution < -0.4 is 0 Å². The Balaban J connectivity index is 3.77. The number of hydrogen-bond acceptors (Lipinski definition) is 2. The van der Waals surface area contributed by atoms with Crippen LogP contribution in [0.2, 0.25) is 0 Å². The average molecular weight is 237 g/mol. The van der Waals surface area contributed by atoms with Crippen LogP contribution in [0.3, 0.4) is 0 Å². The smallest absolute Gasteiger partial charge is 0.306 e. The van der Waals surface area contributed by atoms with Gasteiger partial charge in [0.15, 0.2) is 0 Å². The minimum Gasteiger partial charge on any atom is -0.466 e. The molecule has 0 aliphatic rings. The standard InChI is InChI=1S/C9H17BrO2/c1-4-12-9(11)5-8(6-10)7(2)3/h7-8H,4-6H2,1-3H3/t8-/m0/s1. The molecule has 0 aromatic heterocycles. The Bertz CT molecular complexity index is 134. The summed E-state index contributed by atoms with van der Waals surface area (Å²) in [6, 6.07) is 0. The van der Waals surface area contributed by atoms with Crippen molar-refractivity contribution < 1.29 is 9.53 Å². The Hall–Kier alpha value is -0.0500. The third-order valence-corrected chi connectivity index (χ3v) is 2.71. The van der Waals surface area contributed by atoms with Gasteiger partial charge in [-0.2, -0.15) is 0 Å². The van der Waals surface area contributed by atoms with Crippen LogP contribution in [-0.4, -0.2) is 17.9 Å². The molecule has 0 saturated carbocycles. The van der Waals surface area contributed by atoms with E-state index in [-0.39, 0.29) is 5.97 Å². The summed E-state index contributed by atoms with van der Waals surface area (Å²) >= 11 is 3.39. The fourth-order valence-corrected chi connectivity index (χ4v) is 1.88. The van der Waals surface area contributed by atoms with Crippen LogP contribution in [0.25, 0.3) is 0 Å². The van der Waals surface area contributed by atoms with Crippen LogP contribution in [0.1, 0.15) is 27.2 Å². The number of ether oxygens (including phenoxy) is 1. The van der Waals surface area contributed by atoms with E-state index < -0.39 is 0 Å². The normalized spacial score (nSPS) is 13.1. The molecule has 0 amide bonds. The molecule has 1 atom stereocenters. The first-order valence-corrected chi connectivity index (χ1v) is 5.45. The molecule has 0 N–H and O–H groups in total. The molecule has 0 bridgehead atoms. The molecule has 0 saturated heterocycles. The van der Waals surface area contributed by atoms with Crippen molar-refractivity contribution >= 4 is 21.9 Å². The lowest BCUT2D eigenvalue weighted by Gasteiger charge is -2.16. The van der Waals surface area contributed by atoms with Crippen molar-refractivity contribution in [3.8, 4) is 0 Å². The fourth-order valence-electron chi connectivity index (χ4n) is 0.902. The van der Waals surface area contributed by atoms with Gasteiger partial charge in [-0.3, -0.25) is 4.79 Å². The zero-order chi connectivity index (χ0) is 9.56. The lowest BCUT2D eigenvalue weighted by Crippen LogP contribution is -2.17. The molecule has 0 fully saturated rings. The zero-order valence-electron chi connectivity index (χ0n) is 7.97. The van der Waals surface area contributed by atoms with Crippen LogP contribution >= 0.6 is 15.9 Å². The SMILES string of the molecule is CCOC(=O)C[C@@H](CBr)C(C)C. The number of rotatable bonds is 5. The maximum Gasteiger partial charge on any atom is 0.306 e. The van der Waals surface area contributed by atoms with E-state index in [2.05, 4.69) is 29.8 Å². The molecule has 0 aliphatic heterocycles. The molecule has 3 heteroatoms. The van der Waals surface area contributed by atoms with Gasteiger partial charge in [0, 0.05) is 11.8 Å². The van der Waals surface area contributed by atoms with Crippen molar-refractivity contribution in [2.24, 2.45) is 11.8 Å². The Labute approximate surface area is 82.8 Å². The summed E-state index contributed by atoms with van der Waals surface area (Å²) in [7, 11) is 0. The number of carbonyl (C=O) groups is 1. The highest BCUT2D eigenvalue weighted by Crippen LogP contribution is 2.18. The summed E-state index contributed by atoms with van der Waals surface area (Å²) in [5.74, 6) is 0.827. The summed E-state index contributed by atoms with van der Waals surface area (Å²) < 4.78 is 4.86. The monoisotopic (exact) mass is 236 g/mol. The molecule has 0 spiro atoms. The van der Waals surface area contributed by atoms with Gasteiger partial charge in [0.2, 0.25) is 0 Å². The third-order valence-electron chi connectivity index (χ3n) is 1.88. The average Bonchev–Trinajstić information content (AvgIpc) is 2.00. The van der Waals surface area contributed by atoms with Gasteiger partial charge in [-0.25, -0.2) is 0 Å². The molecule has 0 heterocycles. The van der Waals surface area contributed by atoms with Crippen molar-refractivity contribution in [1.29, 1.82) is 0 Å². The number of alkyl halides is 1. The van der Waals surface area contributed by atoms with E-state index >= 15 is 0 Å². The molecule has 0 rings (SSSR count). The van der Waals surface area contributed by atoms with Crippen molar-refractivity contribution in [1.82, 2.24) is 0 Å². The van der Waals surface area contributed by atoms with Gasteiger partial charge in [0.25, 0.3) is 0 Å². The molecular weight excluding hydrogens is 220 g/mol. The first-order chi connectivity index (χ1) is 5.61. The summed E-state index contributed by atoms with van der Waals surface area (Å²) in [6.45, 7) is 6.54. The maximum absolute atomic E-state index is 11.1. The molecule has 0 unspecified atom stereocenters. The minimum absolute atomic E-state index is 0.0874. The van der Waals surface area contributed by atoms with Crippen molar-refractivity contribution in [3.05, 3.63) is 0 Å².